The Hall–Kier alpha value is -1.20. The van der Waals surface area contributed by atoms with Gasteiger partial charge >= 0.3 is 0 Å². The SMILES string of the molecule is COc1cc(F)c(CN2CCC(C(C)(C)O)C2)c(F)c1. The van der Waals surface area contributed by atoms with Crippen molar-refractivity contribution in [1.82, 2.24) is 4.90 Å². The molecule has 1 aliphatic heterocycles. The van der Waals surface area contributed by atoms with Crippen LogP contribution >= 0.6 is 0 Å². The fraction of sp³-hybridized carbons (Fsp3) is 0.600. The molecule has 20 heavy (non-hydrogen) atoms. The van der Waals surface area contributed by atoms with E-state index in [1.807, 2.05) is 4.90 Å². The average molecular weight is 285 g/mol. The molecule has 2 rings (SSSR count). The summed E-state index contributed by atoms with van der Waals surface area (Å²) in [5, 5.41) is 9.99. The molecule has 1 atom stereocenters. The van der Waals surface area contributed by atoms with Crippen molar-refractivity contribution in [3.05, 3.63) is 29.3 Å². The van der Waals surface area contributed by atoms with E-state index >= 15 is 0 Å². The lowest BCUT2D eigenvalue weighted by Crippen LogP contribution is -2.33. The summed E-state index contributed by atoms with van der Waals surface area (Å²) in [5.74, 6) is -0.867. The molecule has 3 nitrogen and oxygen atoms in total. The molecule has 1 N–H and O–H groups in total. The van der Waals surface area contributed by atoms with E-state index in [1.165, 1.54) is 19.2 Å². The third-order valence-corrected chi connectivity index (χ3v) is 4.00. The monoisotopic (exact) mass is 285 g/mol. The predicted molar refractivity (Wildman–Crippen MR) is 72.6 cm³/mol. The molecule has 1 aromatic carbocycles. The van der Waals surface area contributed by atoms with Crippen LogP contribution in [0.4, 0.5) is 8.78 Å². The molecule has 1 aromatic rings. The number of likely N-dealkylation sites (tertiary alicyclic amines) is 1. The number of hydrogen-bond donors (Lipinski definition) is 1. The van der Waals surface area contributed by atoms with E-state index in [0.717, 1.165) is 13.0 Å². The molecular formula is C15H21F2NO2. The summed E-state index contributed by atoms with van der Waals surface area (Å²) in [5.41, 5.74) is -0.701. The number of ether oxygens (including phenoxy) is 1. The molecule has 1 aliphatic rings. The fourth-order valence-corrected chi connectivity index (χ4v) is 2.63. The van der Waals surface area contributed by atoms with Gasteiger partial charge in [-0.05, 0) is 26.8 Å². The van der Waals surface area contributed by atoms with Crippen molar-refractivity contribution >= 4 is 0 Å². The van der Waals surface area contributed by atoms with E-state index in [1.54, 1.807) is 13.8 Å². The quantitative estimate of drug-likeness (QED) is 0.923. The van der Waals surface area contributed by atoms with Crippen molar-refractivity contribution in [1.29, 1.82) is 0 Å². The van der Waals surface area contributed by atoms with E-state index in [2.05, 4.69) is 0 Å². The van der Waals surface area contributed by atoms with Crippen LogP contribution in [0.25, 0.3) is 0 Å². The summed E-state index contributed by atoms with van der Waals surface area (Å²) in [7, 11) is 1.38. The van der Waals surface area contributed by atoms with Gasteiger partial charge in [-0.3, -0.25) is 4.90 Å². The molecule has 1 saturated heterocycles. The van der Waals surface area contributed by atoms with E-state index in [9.17, 15) is 13.9 Å². The van der Waals surface area contributed by atoms with Gasteiger partial charge in [-0.2, -0.15) is 0 Å². The van der Waals surface area contributed by atoms with Crippen molar-refractivity contribution in [3.8, 4) is 5.75 Å². The van der Waals surface area contributed by atoms with Crippen LogP contribution in [-0.4, -0.2) is 35.8 Å². The maximum atomic E-state index is 13.9. The van der Waals surface area contributed by atoms with Gasteiger partial charge in [0.15, 0.2) is 0 Å². The third-order valence-electron chi connectivity index (χ3n) is 4.00. The first kappa shape index (κ1) is 15.2. The maximum absolute atomic E-state index is 13.9. The van der Waals surface area contributed by atoms with Crippen LogP contribution in [0.15, 0.2) is 12.1 Å². The van der Waals surface area contributed by atoms with Gasteiger partial charge in [0.2, 0.25) is 0 Å². The highest BCUT2D eigenvalue weighted by atomic mass is 19.1. The van der Waals surface area contributed by atoms with Crippen LogP contribution in [-0.2, 0) is 6.54 Å². The van der Waals surface area contributed by atoms with E-state index in [-0.39, 0.29) is 23.8 Å². The molecule has 0 spiro atoms. The minimum absolute atomic E-state index is 0.0576. The van der Waals surface area contributed by atoms with Gasteiger partial charge in [-0.25, -0.2) is 8.78 Å². The molecule has 0 saturated carbocycles. The summed E-state index contributed by atoms with van der Waals surface area (Å²) in [6, 6.07) is 2.39. The highest BCUT2D eigenvalue weighted by Gasteiger charge is 2.33. The van der Waals surface area contributed by atoms with E-state index in [0.29, 0.717) is 6.54 Å². The minimum atomic E-state index is -0.758. The van der Waals surface area contributed by atoms with E-state index < -0.39 is 17.2 Å². The lowest BCUT2D eigenvalue weighted by atomic mass is 9.90. The molecule has 1 unspecified atom stereocenters. The van der Waals surface area contributed by atoms with Gasteiger partial charge in [-0.15, -0.1) is 0 Å². The largest absolute Gasteiger partial charge is 0.497 e. The normalized spacial score (nSPS) is 20.4. The lowest BCUT2D eigenvalue weighted by molar-refractivity contribution is 0.0207. The third kappa shape index (κ3) is 3.27. The van der Waals surface area contributed by atoms with Crippen molar-refractivity contribution in [3.63, 3.8) is 0 Å². The van der Waals surface area contributed by atoms with Crippen molar-refractivity contribution in [2.24, 2.45) is 5.92 Å². The first-order chi connectivity index (χ1) is 9.31. The predicted octanol–water partition coefficient (Wildman–Crippen LogP) is 2.57. The zero-order chi connectivity index (χ0) is 14.9. The number of methoxy groups -OCH3 is 1. The van der Waals surface area contributed by atoms with Crippen molar-refractivity contribution < 1.29 is 18.6 Å². The molecular weight excluding hydrogens is 264 g/mol. The molecule has 112 valence electrons. The first-order valence-corrected chi connectivity index (χ1v) is 6.78. The number of nitrogens with zero attached hydrogens (tertiary/aromatic N) is 1. The molecule has 0 bridgehead atoms. The Kier molecular flexibility index (Phi) is 4.30. The Morgan fingerprint density at radius 3 is 2.40 bits per heavy atom. The zero-order valence-electron chi connectivity index (χ0n) is 12.1. The standard InChI is InChI=1S/C15H21F2NO2/c1-15(2,19)10-4-5-18(8-10)9-12-13(16)6-11(20-3)7-14(12)17/h6-7,10,19H,4-5,8-9H2,1-3H3. The number of halogens is 2. The Bertz CT molecular complexity index is 462. The number of benzene rings is 1. The summed E-state index contributed by atoms with van der Waals surface area (Å²) in [6.07, 6.45) is 0.836. The Balaban J connectivity index is 2.09. The molecule has 0 aromatic heterocycles. The highest BCUT2D eigenvalue weighted by molar-refractivity contribution is 5.30. The fourth-order valence-electron chi connectivity index (χ4n) is 2.63. The van der Waals surface area contributed by atoms with Gasteiger partial charge in [0, 0.05) is 36.7 Å². The summed E-state index contributed by atoms with van der Waals surface area (Å²) < 4.78 is 32.6. The second-order valence-corrected chi connectivity index (χ2v) is 5.94. The van der Waals surface area contributed by atoms with Crippen molar-refractivity contribution in [2.45, 2.75) is 32.4 Å². The van der Waals surface area contributed by atoms with Crippen LogP contribution in [0.1, 0.15) is 25.8 Å². The van der Waals surface area contributed by atoms with Gasteiger partial charge in [0.1, 0.15) is 17.4 Å². The Labute approximate surface area is 118 Å². The maximum Gasteiger partial charge on any atom is 0.134 e. The van der Waals surface area contributed by atoms with Crippen molar-refractivity contribution in [2.75, 3.05) is 20.2 Å². The zero-order valence-corrected chi connectivity index (χ0v) is 12.1. The molecule has 0 aliphatic carbocycles. The minimum Gasteiger partial charge on any atom is -0.497 e. The summed E-state index contributed by atoms with van der Waals surface area (Å²) >= 11 is 0. The van der Waals surface area contributed by atoms with Gasteiger partial charge in [0.25, 0.3) is 0 Å². The molecule has 5 heteroatoms. The molecule has 0 radical (unpaired) electrons. The Morgan fingerprint density at radius 2 is 1.95 bits per heavy atom. The number of rotatable bonds is 4. The molecule has 1 fully saturated rings. The van der Waals surface area contributed by atoms with Crippen LogP contribution in [0.5, 0.6) is 5.75 Å². The topological polar surface area (TPSA) is 32.7 Å². The lowest BCUT2D eigenvalue weighted by Gasteiger charge is -2.25. The highest BCUT2D eigenvalue weighted by Crippen LogP contribution is 2.29. The van der Waals surface area contributed by atoms with Crippen LogP contribution in [0.3, 0.4) is 0 Å². The number of hydrogen-bond acceptors (Lipinski definition) is 3. The van der Waals surface area contributed by atoms with Crippen LogP contribution in [0, 0.1) is 17.6 Å². The average Bonchev–Trinajstić information content (AvgIpc) is 2.82. The molecule has 1 heterocycles. The molecule has 0 amide bonds. The van der Waals surface area contributed by atoms with Gasteiger partial charge in [-0.1, -0.05) is 0 Å². The second kappa shape index (κ2) is 5.66. The summed E-state index contributed by atoms with van der Waals surface area (Å²) in [4.78, 5) is 1.97. The smallest absolute Gasteiger partial charge is 0.134 e. The summed E-state index contributed by atoms with van der Waals surface area (Å²) in [6.45, 7) is 5.15. The first-order valence-electron chi connectivity index (χ1n) is 6.78. The van der Waals surface area contributed by atoms with Crippen LogP contribution in [0.2, 0.25) is 0 Å². The number of aliphatic hydroxyl groups is 1. The van der Waals surface area contributed by atoms with Gasteiger partial charge < -0.3 is 9.84 Å². The van der Waals surface area contributed by atoms with E-state index in [4.69, 9.17) is 4.74 Å². The van der Waals surface area contributed by atoms with Gasteiger partial charge in [0.05, 0.1) is 12.7 Å². The van der Waals surface area contributed by atoms with Crippen LogP contribution < -0.4 is 4.74 Å². The second-order valence-electron chi connectivity index (χ2n) is 5.94. The Morgan fingerprint density at radius 1 is 1.35 bits per heavy atom.